The SMILES string of the molecule is CC(C)(C)[C@H](NC(=O)C(F)(F)F)C(=O)N[C@@H]1CN(C(=O)c2cccn3cncc23)CC[C@H]1c1cccc(F)c1. The van der Waals surface area contributed by atoms with Crippen LogP contribution >= 0.6 is 0 Å². The first-order valence-corrected chi connectivity index (χ1v) is 12.4. The number of hydrogen-bond acceptors (Lipinski definition) is 4. The fourth-order valence-corrected chi connectivity index (χ4v) is 4.87. The van der Waals surface area contributed by atoms with Gasteiger partial charge in [-0.25, -0.2) is 9.37 Å². The highest BCUT2D eigenvalue weighted by molar-refractivity contribution is 6.00. The minimum absolute atomic E-state index is 0.0189. The molecule has 1 aliphatic rings. The van der Waals surface area contributed by atoms with Gasteiger partial charge in [0.25, 0.3) is 5.91 Å². The first-order chi connectivity index (χ1) is 18.3. The van der Waals surface area contributed by atoms with E-state index >= 15 is 0 Å². The third kappa shape index (κ3) is 6.21. The largest absolute Gasteiger partial charge is 0.471 e. The molecule has 0 radical (unpaired) electrons. The first kappa shape index (κ1) is 28.1. The van der Waals surface area contributed by atoms with Gasteiger partial charge in [0, 0.05) is 25.2 Å². The summed E-state index contributed by atoms with van der Waals surface area (Å²) in [6.07, 6.45) is 0.0604. The number of alkyl halides is 3. The second-order valence-electron chi connectivity index (χ2n) is 10.7. The molecule has 1 aromatic carbocycles. The molecule has 0 bridgehead atoms. The van der Waals surface area contributed by atoms with E-state index in [-0.39, 0.29) is 12.5 Å². The van der Waals surface area contributed by atoms with E-state index in [1.54, 1.807) is 51.5 Å². The minimum Gasteiger partial charge on any atom is -0.349 e. The Bertz CT molecular complexity index is 1380. The van der Waals surface area contributed by atoms with E-state index in [1.807, 2.05) is 0 Å². The van der Waals surface area contributed by atoms with Crippen molar-refractivity contribution in [3.63, 3.8) is 0 Å². The normalized spacial score (nSPS) is 19.0. The number of aromatic nitrogens is 2. The summed E-state index contributed by atoms with van der Waals surface area (Å²) in [5.41, 5.74) is 0.505. The lowest BCUT2D eigenvalue weighted by atomic mass is 9.83. The molecule has 3 amide bonds. The van der Waals surface area contributed by atoms with E-state index in [0.29, 0.717) is 29.6 Å². The fraction of sp³-hybridized carbons (Fsp3) is 0.407. The molecule has 0 spiro atoms. The van der Waals surface area contributed by atoms with Gasteiger partial charge in [-0.15, -0.1) is 0 Å². The van der Waals surface area contributed by atoms with Gasteiger partial charge in [-0.3, -0.25) is 14.4 Å². The summed E-state index contributed by atoms with van der Waals surface area (Å²) < 4.78 is 54.8. The number of likely N-dealkylation sites (tertiary alicyclic amines) is 1. The average Bonchev–Trinajstić information content (AvgIpc) is 3.34. The monoisotopic (exact) mass is 547 g/mol. The summed E-state index contributed by atoms with van der Waals surface area (Å²) in [6, 6.07) is 6.92. The molecule has 3 heterocycles. The van der Waals surface area contributed by atoms with Crippen molar-refractivity contribution in [3.05, 3.63) is 72.1 Å². The van der Waals surface area contributed by atoms with E-state index in [9.17, 15) is 31.9 Å². The maximum absolute atomic E-state index is 14.1. The number of nitrogens with zero attached hydrogens (tertiary/aromatic N) is 3. The Balaban J connectivity index is 1.63. The van der Waals surface area contributed by atoms with Crippen molar-refractivity contribution in [2.24, 2.45) is 5.41 Å². The van der Waals surface area contributed by atoms with E-state index in [2.05, 4.69) is 10.3 Å². The van der Waals surface area contributed by atoms with Crippen LogP contribution in [-0.4, -0.2) is 63.4 Å². The fourth-order valence-electron chi connectivity index (χ4n) is 4.87. The molecule has 208 valence electrons. The molecule has 0 aliphatic carbocycles. The van der Waals surface area contributed by atoms with Crippen molar-refractivity contribution < 1.29 is 31.9 Å². The highest BCUT2D eigenvalue weighted by Crippen LogP contribution is 2.31. The Labute approximate surface area is 222 Å². The van der Waals surface area contributed by atoms with E-state index < -0.39 is 47.2 Å². The second-order valence-corrected chi connectivity index (χ2v) is 10.7. The lowest BCUT2D eigenvalue weighted by molar-refractivity contribution is -0.175. The van der Waals surface area contributed by atoms with Crippen molar-refractivity contribution in [1.29, 1.82) is 0 Å². The van der Waals surface area contributed by atoms with E-state index in [0.717, 1.165) is 0 Å². The van der Waals surface area contributed by atoms with Crippen LogP contribution in [0.25, 0.3) is 5.52 Å². The van der Waals surface area contributed by atoms with Gasteiger partial charge in [0.1, 0.15) is 11.9 Å². The number of halogens is 4. The van der Waals surface area contributed by atoms with Crippen molar-refractivity contribution >= 4 is 23.2 Å². The molecule has 2 N–H and O–H groups in total. The maximum atomic E-state index is 14.1. The molecule has 1 aliphatic heterocycles. The van der Waals surface area contributed by atoms with Crippen LogP contribution in [0.4, 0.5) is 17.6 Å². The number of fused-ring (bicyclic) bond motifs is 1. The van der Waals surface area contributed by atoms with Crippen molar-refractivity contribution in [3.8, 4) is 0 Å². The van der Waals surface area contributed by atoms with Gasteiger partial charge in [-0.2, -0.15) is 13.2 Å². The third-order valence-corrected chi connectivity index (χ3v) is 6.85. The summed E-state index contributed by atoms with van der Waals surface area (Å²) in [5.74, 6) is -4.28. The molecule has 0 unspecified atom stereocenters. The zero-order valence-electron chi connectivity index (χ0n) is 21.6. The number of carbonyl (C=O) groups excluding carboxylic acids is 3. The molecule has 39 heavy (non-hydrogen) atoms. The Hall–Kier alpha value is -3.96. The number of imidazole rings is 1. The molecule has 1 fully saturated rings. The van der Waals surface area contributed by atoms with Gasteiger partial charge in [-0.1, -0.05) is 32.9 Å². The lowest BCUT2D eigenvalue weighted by Crippen LogP contribution is -2.60. The van der Waals surface area contributed by atoms with Crippen LogP contribution in [0.2, 0.25) is 0 Å². The van der Waals surface area contributed by atoms with Gasteiger partial charge in [0.2, 0.25) is 5.91 Å². The minimum atomic E-state index is -5.17. The molecule has 8 nitrogen and oxygen atoms in total. The van der Waals surface area contributed by atoms with E-state index in [4.69, 9.17) is 0 Å². The van der Waals surface area contributed by atoms with Crippen LogP contribution in [0.1, 0.15) is 49.0 Å². The van der Waals surface area contributed by atoms with Gasteiger partial charge in [-0.05, 0) is 41.7 Å². The van der Waals surface area contributed by atoms with Gasteiger partial charge < -0.3 is 19.9 Å². The number of rotatable bonds is 5. The molecular formula is C27H29F4N5O3. The molecule has 12 heteroatoms. The second kappa shape index (κ2) is 10.7. The Kier molecular flexibility index (Phi) is 7.67. The zero-order valence-corrected chi connectivity index (χ0v) is 21.6. The molecule has 2 aromatic heterocycles. The standard InChI is InChI=1S/C27H29F4N5O3/c1-26(2,3)22(34-25(39)27(29,30)31)23(37)33-20-14-35(11-9-18(20)16-6-4-7-17(28)12-16)24(38)19-8-5-10-36-15-32-13-21(19)36/h4-8,10,12-13,15,18,20,22H,9,11,14H2,1-3H3,(H,33,37)(H,34,39)/t18-,20+,22+/m0/s1. The average molecular weight is 548 g/mol. The Morgan fingerprint density at radius 1 is 1.10 bits per heavy atom. The van der Waals surface area contributed by atoms with Crippen LogP contribution in [0, 0.1) is 11.2 Å². The van der Waals surface area contributed by atoms with Gasteiger partial charge in [0.05, 0.1) is 29.6 Å². The van der Waals surface area contributed by atoms with Crippen molar-refractivity contribution in [1.82, 2.24) is 24.9 Å². The molecule has 3 aromatic rings. The molecule has 1 saturated heterocycles. The topological polar surface area (TPSA) is 95.8 Å². The molecule has 0 saturated carbocycles. The summed E-state index contributed by atoms with van der Waals surface area (Å²) in [4.78, 5) is 44.2. The predicted molar refractivity (Wildman–Crippen MR) is 134 cm³/mol. The summed E-state index contributed by atoms with van der Waals surface area (Å²) in [6.45, 7) is 4.91. The number of piperidine rings is 1. The third-order valence-electron chi connectivity index (χ3n) is 6.85. The van der Waals surface area contributed by atoms with Crippen LogP contribution in [-0.2, 0) is 9.59 Å². The van der Waals surface area contributed by atoms with Crippen LogP contribution in [0.5, 0.6) is 0 Å². The number of pyridine rings is 1. The number of carbonyl (C=O) groups is 3. The van der Waals surface area contributed by atoms with Crippen molar-refractivity contribution in [2.45, 2.75) is 51.4 Å². The number of amides is 3. The summed E-state index contributed by atoms with van der Waals surface area (Å²) in [7, 11) is 0. The lowest BCUT2D eigenvalue weighted by Gasteiger charge is -2.41. The Morgan fingerprint density at radius 2 is 1.85 bits per heavy atom. The smallest absolute Gasteiger partial charge is 0.349 e. The first-order valence-electron chi connectivity index (χ1n) is 12.4. The highest BCUT2D eigenvalue weighted by Gasteiger charge is 2.44. The van der Waals surface area contributed by atoms with Crippen LogP contribution in [0.3, 0.4) is 0 Å². The predicted octanol–water partition coefficient (Wildman–Crippen LogP) is 3.68. The molecule has 4 rings (SSSR count). The van der Waals surface area contributed by atoms with E-state index in [1.165, 1.54) is 39.0 Å². The summed E-state index contributed by atoms with van der Waals surface area (Å²) in [5, 5.41) is 4.56. The summed E-state index contributed by atoms with van der Waals surface area (Å²) >= 11 is 0. The highest BCUT2D eigenvalue weighted by atomic mass is 19.4. The van der Waals surface area contributed by atoms with Gasteiger partial charge >= 0.3 is 12.1 Å². The number of hydrogen-bond donors (Lipinski definition) is 2. The number of nitrogens with one attached hydrogen (secondary N) is 2. The van der Waals surface area contributed by atoms with Gasteiger partial charge in [0.15, 0.2) is 0 Å². The molecule has 3 atom stereocenters. The van der Waals surface area contributed by atoms with Crippen molar-refractivity contribution in [2.75, 3.05) is 13.1 Å². The quantitative estimate of drug-likeness (QED) is 0.477. The van der Waals surface area contributed by atoms with Crippen LogP contribution in [0.15, 0.2) is 55.1 Å². The maximum Gasteiger partial charge on any atom is 0.471 e. The molecular weight excluding hydrogens is 518 g/mol. The number of benzene rings is 1. The van der Waals surface area contributed by atoms with Crippen LogP contribution < -0.4 is 10.6 Å². The zero-order chi connectivity index (χ0) is 28.5. The Morgan fingerprint density at radius 3 is 2.51 bits per heavy atom.